The predicted molar refractivity (Wildman–Crippen MR) is 66.2 cm³/mol. The van der Waals surface area contributed by atoms with Crippen LogP contribution in [-0.2, 0) is 10.0 Å². The monoisotopic (exact) mass is 260 g/mol. The second-order valence-corrected chi connectivity index (χ2v) is 6.09. The maximum Gasteiger partial charge on any atom is 0.260 e. The average molecular weight is 260 g/mol. The Morgan fingerprint density at radius 1 is 1.47 bits per heavy atom. The van der Waals surface area contributed by atoms with Crippen LogP contribution in [0, 0.1) is 0 Å². The Morgan fingerprint density at radius 3 is 2.53 bits per heavy atom. The van der Waals surface area contributed by atoms with Crippen LogP contribution in [0.4, 0.5) is 0 Å². The fourth-order valence-electron chi connectivity index (χ4n) is 1.85. The molecule has 0 saturated carbocycles. The van der Waals surface area contributed by atoms with Crippen LogP contribution in [0.5, 0.6) is 0 Å². The molecule has 1 rings (SSSR count). The number of likely N-dealkylation sites (N-methyl/N-ethyl adjacent to an activating group) is 2. The molecular weight excluding hydrogens is 240 g/mol. The fraction of sp³-hybridized carbons (Fsp3) is 0.700. The maximum absolute atomic E-state index is 12.3. The van der Waals surface area contributed by atoms with Gasteiger partial charge in [-0.3, -0.25) is 0 Å². The molecule has 0 spiro atoms. The fourth-order valence-corrected chi connectivity index (χ4v) is 3.38. The first kappa shape index (κ1) is 14.1. The molecule has 1 atom stereocenters. The van der Waals surface area contributed by atoms with Crippen LogP contribution < -0.4 is 0 Å². The molecule has 6 nitrogen and oxygen atoms in total. The van der Waals surface area contributed by atoms with Gasteiger partial charge in [-0.05, 0) is 21.0 Å². The van der Waals surface area contributed by atoms with E-state index in [9.17, 15) is 8.42 Å². The molecule has 1 aromatic rings. The van der Waals surface area contributed by atoms with Crippen molar-refractivity contribution < 1.29 is 8.42 Å². The van der Waals surface area contributed by atoms with Crippen molar-refractivity contribution in [2.75, 3.05) is 27.2 Å². The Hall–Kier alpha value is -0.920. The SMILES string of the molecule is CCN(C(C)CN(C)C)S(=O)(=O)c1cnc[nH]1. The molecule has 0 bridgehead atoms. The molecule has 0 aromatic carbocycles. The van der Waals surface area contributed by atoms with Gasteiger partial charge in [-0.2, -0.15) is 4.31 Å². The first-order valence-corrected chi connectivity index (χ1v) is 6.98. The zero-order chi connectivity index (χ0) is 13.1. The van der Waals surface area contributed by atoms with E-state index in [0.29, 0.717) is 13.1 Å². The van der Waals surface area contributed by atoms with Crippen molar-refractivity contribution >= 4 is 10.0 Å². The third-order valence-electron chi connectivity index (χ3n) is 2.49. The lowest BCUT2D eigenvalue weighted by atomic mass is 10.3. The van der Waals surface area contributed by atoms with Gasteiger partial charge >= 0.3 is 0 Å². The highest BCUT2D eigenvalue weighted by atomic mass is 32.2. The van der Waals surface area contributed by atoms with Crippen molar-refractivity contribution in [2.45, 2.75) is 24.9 Å². The molecule has 0 aliphatic carbocycles. The van der Waals surface area contributed by atoms with E-state index >= 15 is 0 Å². The van der Waals surface area contributed by atoms with Crippen LogP contribution in [-0.4, -0.2) is 60.8 Å². The molecule has 0 aliphatic rings. The Balaban J connectivity index is 2.94. The normalized spacial score (nSPS) is 14.5. The average Bonchev–Trinajstić information content (AvgIpc) is 2.69. The highest BCUT2D eigenvalue weighted by Crippen LogP contribution is 2.15. The van der Waals surface area contributed by atoms with E-state index < -0.39 is 10.0 Å². The Bertz CT molecular complexity index is 427. The molecule has 98 valence electrons. The summed E-state index contributed by atoms with van der Waals surface area (Å²) < 4.78 is 26.0. The summed E-state index contributed by atoms with van der Waals surface area (Å²) in [5.41, 5.74) is 0. The Kier molecular flexibility index (Phi) is 4.67. The number of nitrogens with zero attached hydrogens (tertiary/aromatic N) is 3. The van der Waals surface area contributed by atoms with Gasteiger partial charge in [0.15, 0.2) is 5.03 Å². The van der Waals surface area contributed by atoms with Crippen molar-refractivity contribution in [3.05, 3.63) is 12.5 Å². The molecule has 0 amide bonds. The highest BCUT2D eigenvalue weighted by molar-refractivity contribution is 7.89. The number of rotatable bonds is 6. The molecule has 1 heterocycles. The van der Waals surface area contributed by atoms with Gasteiger partial charge in [0, 0.05) is 19.1 Å². The van der Waals surface area contributed by atoms with Gasteiger partial charge in [0.05, 0.1) is 12.5 Å². The first-order chi connectivity index (χ1) is 7.89. The standard InChI is InChI=1S/C10H20N4O2S/c1-5-14(9(2)7-13(3)4)17(15,16)10-6-11-8-12-10/h6,8-9H,5,7H2,1-4H3,(H,11,12). The van der Waals surface area contributed by atoms with E-state index in [2.05, 4.69) is 9.97 Å². The highest BCUT2D eigenvalue weighted by Gasteiger charge is 2.28. The van der Waals surface area contributed by atoms with Crippen LogP contribution >= 0.6 is 0 Å². The molecule has 0 fully saturated rings. The second kappa shape index (κ2) is 5.61. The van der Waals surface area contributed by atoms with E-state index in [0.717, 1.165) is 0 Å². The third kappa shape index (κ3) is 3.27. The first-order valence-electron chi connectivity index (χ1n) is 5.54. The van der Waals surface area contributed by atoms with E-state index in [-0.39, 0.29) is 11.1 Å². The Morgan fingerprint density at radius 2 is 2.12 bits per heavy atom. The number of H-pyrrole nitrogens is 1. The summed E-state index contributed by atoms with van der Waals surface area (Å²) in [6.07, 6.45) is 2.71. The molecular formula is C10H20N4O2S. The summed E-state index contributed by atoms with van der Waals surface area (Å²) in [5, 5.41) is 0.143. The zero-order valence-corrected chi connectivity index (χ0v) is 11.5. The van der Waals surface area contributed by atoms with Gasteiger partial charge in [-0.1, -0.05) is 6.92 Å². The maximum atomic E-state index is 12.3. The van der Waals surface area contributed by atoms with E-state index in [1.165, 1.54) is 16.8 Å². The van der Waals surface area contributed by atoms with Crippen LogP contribution in [0.1, 0.15) is 13.8 Å². The van der Waals surface area contributed by atoms with Gasteiger partial charge in [0.2, 0.25) is 0 Å². The van der Waals surface area contributed by atoms with Gasteiger partial charge in [0.25, 0.3) is 10.0 Å². The Labute approximate surface area is 103 Å². The molecule has 7 heteroatoms. The number of hydrogen-bond donors (Lipinski definition) is 1. The molecule has 1 unspecified atom stereocenters. The van der Waals surface area contributed by atoms with Crippen molar-refractivity contribution in [2.24, 2.45) is 0 Å². The molecule has 0 radical (unpaired) electrons. The molecule has 0 aliphatic heterocycles. The number of nitrogens with one attached hydrogen (secondary N) is 1. The number of aromatic amines is 1. The lowest BCUT2D eigenvalue weighted by Crippen LogP contribution is -2.43. The molecule has 0 saturated heterocycles. The van der Waals surface area contributed by atoms with Gasteiger partial charge in [-0.25, -0.2) is 13.4 Å². The summed E-state index contributed by atoms with van der Waals surface area (Å²) in [5.74, 6) is 0. The zero-order valence-electron chi connectivity index (χ0n) is 10.7. The van der Waals surface area contributed by atoms with Crippen LogP contribution in [0.25, 0.3) is 0 Å². The van der Waals surface area contributed by atoms with Crippen LogP contribution in [0.15, 0.2) is 17.6 Å². The van der Waals surface area contributed by atoms with Crippen molar-refractivity contribution in [1.29, 1.82) is 0 Å². The number of aromatic nitrogens is 2. The quantitative estimate of drug-likeness (QED) is 0.802. The molecule has 1 N–H and O–H groups in total. The van der Waals surface area contributed by atoms with E-state index in [1.54, 1.807) is 0 Å². The molecule has 17 heavy (non-hydrogen) atoms. The summed E-state index contributed by atoms with van der Waals surface area (Å²) in [6.45, 7) is 4.86. The van der Waals surface area contributed by atoms with Crippen molar-refractivity contribution in [1.82, 2.24) is 19.2 Å². The number of sulfonamides is 1. The predicted octanol–water partition coefficient (Wildman–Crippen LogP) is 0.370. The lowest BCUT2D eigenvalue weighted by molar-refractivity contribution is 0.271. The lowest BCUT2D eigenvalue weighted by Gasteiger charge is -2.28. The third-order valence-corrected chi connectivity index (χ3v) is 4.51. The largest absolute Gasteiger partial charge is 0.335 e. The van der Waals surface area contributed by atoms with Crippen molar-refractivity contribution in [3.8, 4) is 0 Å². The van der Waals surface area contributed by atoms with Crippen LogP contribution in [0.3, 0.4) is 0 Å². The minimum Gasteiger partial charge on any atom is -0.335 e. The van der Waals surface area contributed by atoms with E-state index in [1.807, 2.05) is 32.8 Å². The van der Waals surface area contributed by atoms with Gasteiger partial charge in [-0.15, -0.1) is 0 Å². The molecule has 1 aromatic heterocycles. The minimum absolute atomic E-state index is 0.0803. The van der Waals surface area contributed by atoms with Crippen molar-refractivity contribution in [3.63, 3.8) is 0 Å². The summed E-state index contributed by atoms with van der Waals surface area (Å²) in [4.78, 5) is 8.37. The smallest absolute Gasteiger partial charge is 0.260 e. The second-order valence-electron chi connectivity index (χ2n) is 4.24. The summed E-state index contributed by atoms with van der Waals surface area (Å²) in [7, 11) is 0.383. The summed E-state index contributed by atoms with van der Waals surface area (Å²) in [6, 6.07) is -0.0803. The van der Waals surface area contributed by atoms with Gasteiger partial charge in [0.1, 0.15) is 0 Å². The van der Waals surface area contributed by atoms with Gasteiger partial charge < -0.3 is 9.88 Å². The summed E-state index contributed by atoms with van der Waals surface area (Å²) >= 11 is 0. The number of hydrogen-bond acceptors (Lipinski definition) is 4. The topological polar surface area (TPSA) is 69.3 Å². The number of imidazole rings is 1. The minimum atomic E-state index is -3.46. The van der Waals surface area contributed by atoms with Crippen LogP contribution in [0.2, 0.25) is 0 Å². The van der Waals surface area contributed by atoms with E-state index in [4.69, 9.17) is 0 Å².